The minimum absolute atomic E-state index is 0.0276. The Balaban J connectivity index is 1.25. The summed E-state index contributed by atoms with van der Waals surface area (Å²) >= 11 is 0. The van der Waals surface area contributed by atoms with Crippen LogP contribution in [-0.2, 0) is 19.1 Å². The maximum Gasteiger partial charge on any atom is 0.407 e. The Morgan fingerprint density at radius 2 is 1.48 bits per heavy atom. The van der Waals surface area contributed by atoms with Gasteiger partial charge in [-0.05, 0) is 73.7 Å². The molecule has 4 N–H and O–H groups in total. The summed E-state index contributed by atoms with van der Waals surface area (Å²) in [6.45, 7) is 6.11. The number of carbonyl (C=O) groups excluding carboxylic acids is 3. The summed E-state index contributed by atoms with van der Waals surface area (Å²) in [5.41, 5.74) is 4.04. The van der Waals surface area contributed by atoms with Gasteiger partial charge in [0.2, 0.25) is 5.91 Å². The molecule has 0 fully saturated rings. The maximum atomic E-state index is 12.9. The van der Waals surface area contributed by atoms with Gasteiger partial charge in [0.25, 0.3) is 0 Å². The van der Waals surface area contributed by atoms with Crippen molar-refractivity contribution in [2.75, 3.05) is 25.1 Å². The predicted molar refractivity (Wildman–Crippen MR) is 164 cm³/mol. The fraction of sp³-hybridized carbons (Fsp3) is 0.333. The molecule has 0 saturated heterocycles. The molecular weight excluding hydrogens is 566 g/mol. The summed E-state index contributed by atoms with van der Waals surface area (Å²) in [7, 11) is 0. The molecule has 0 aromatic heterocycles. The lowest BCUT2D eigenvalue weighted by Crippen LogP contribution is -2.45. The number of hydrogen-bond donors (Lipinski definition) is 4. The Labute approximate surface area is 255 Å². The first kappa shape index (κ1) is 31.9. The third kappa shape index (κ3) is 8.97. The molecule has 1 atom stereocenters. The molecule has 0 spiro atoms. The van der Waals surface area contributed by atoms with Crippen LogP contribution in [0.5, 0.6) is 5.75 Å². The molecule has 44 heavy (non-hydrogen) atoms. The molecule has 11 nitrogen and oxygen atoms in total. The molecule has 1 aliphatic rings. The molecule has 3 aromatic carbocycles. The Hall–Kier alpha value is -5.06. The van der Waals surface area contributed by atoms with Crippen molar-refractivity contribution < 1.29 is 38.5 Å². The van der Waals surface area contributed by atoms with Crippen molar-refractivity contribution in [1.29, 1.82) is 0 Å². The number of carboxylic acid groups (broad SMARTS) is 1. The summed E-state index contributed by atoms with van der Waals surface area (Å²) < 4.78 is 16.3. The van der Waals surface area contributed by atoms with Crippen LogP contribution in [0.4, 0.5) is 15.3 Å². The average Bonchev–Trinajstić information content (AvgIpc) is 3.29. The van der Waals surface area contributed by atoms with Crippen LogP contribution in [0.25, 0.3) is 11.1 Å². The minimum atomic E-state index is -1.36. The van der Waals surface area contributed by atoms with E-state index in [1.54, 1.807) is 45.0 Å². The second-order valence-corrected chi connectivity index (χ2v) is 11.3. The molecule has 3 amide bonds. The fourth-order valence-corrected chi connectivity index (χ4v) is 4.80. The Kier molecular flexibility index (Phi) is 10.4. The highest BCUT2D eigenvalue weighted by atomic mass is 16.6. The number of carboxylic acids is 1. The van der Waals surface area contributed by atoms with Crippen LogP contribution in [0, 0.1) is 0 Å². The number of alkyl carbamates (subject to hydrolysis) is 2. The van der Waals surface area contributed by atoms with Crippen molar-refractivity contribution in [2.24, 2.45) is 0 Å². The molecule has 232 valence electrons. The Bertz CT molecular complexity index is 1440. The van der Waals surface area contributed by atoms with Gasteiger partial charge in [0, 0.05) is 18.2 Å². The number of benzene rings is 3. The lowest BCUT2D eigenvalue weighted by molar-refractivity contribution is -0.139. The number of ether oxygens (including phenoxy) is 3. The van der Waals surface area contributed by atoms with Gasteiger partial charge in [-0.15, -0.1) is 0 Å². The highest BCUT2D eigenvalue weighted by Crippen LogP contribution is 2.44. The van der Waals surface area contributed by atoms with E-state index in [-0.39, 0.29) is 12.5 Å². The lowest BCUT2D eigenvalue weighted by atomic mass is 9.98. The number of carbonyl (C=O) groups is 4. The second kappa shape index (κ2) is 14.4. The number of hydrogen-bond acceptors (Lipinski definition) is 7. The van der Waals surface area contributed by atoms with Gasteiger partial charge in [-0.2, -0.15) is 0 Å². The van der Waals surface area contributed by atoms with Gasteiger partial charge < -0.3 is 35.3 Å². The molecule has 1 aliphatic carbocycles. The zero-order chi connectivity index (χ0) is 31.7. The predicted octanol–water partition coefficient (Wildman–Crippen LogP) is 5.30. The molecule has 3 aromatic rings. The number of rotatable bonds is 12. The van der Waals surface area contributed by atoms with Gasteiger partial charge in [-0.25, -0.2) is 9.59 Å². The van der Waals surface area contributed by atoms with E-state index in [9.17, 15) is 24.3 Å². The summed E-state index contributed by atoms with van der Waals surface area (Å²) in [4.78, 5) is 48.8. The number of anilines is 1. The monoisotopic (exact) mass is 603 g/mol. The number of nitrogens with one attached hydrogen (secondary N) is 3. The van der Waals surface area contributed by atoms with Crippen LogP contribution in [0.15, 0.2) is 72.8 Å². The normalized spacial score (nSPS) is 12.7. The fourth-order valence-electron chi connectivity index (χ4n) is 4.80. The molecule has 4 rings (SSSR count). The van der Waals surface area contributed by atoms with Crippen molar-refractivity contribution >= 4 is 29.8 Å². The molecule has 0 unspecified atom stereocenters. The zero-order valence-corrected chi connectivity index (χ0v) is 24.9. The van der Waals surface area contributed by atoms with E-state index < -0.39 is 42.1 Å². The van der Waals surface area contributed by atoms with E-state index in [0.717, 1.165) is 22.3 Å². The number of fused-ring (bicyclic) bond motifs is 3. The average molecular weight is 604 g/mol. The molecule has 0 heterocycles. The van der Waals surface area contributed by atoms with Gasteiger partial charge in [0.05, 0.1) is 13.0 Å². The smallest absolute Gasteiger partial charge is 0.407 e. The summed E-state index contributed by atoms with van der Waals surface area (Å²) in [5.74, 6) is -1.60. The molecular formula is C33H37N3O8. The third-order valence-electron chi connectivity index (χ3n) is 6.71. The van der Waals surface area contributed by atoms with Crippen LogP contribution in [0.2, 0.25) is 0 Å². The van der Waals surface area contributed by atoms with Gasteiger partial charge in [-0.1, -0.05) is 48.5 Å². The van der Waals surface area contributed by atoms with E-state index in [2.05, 4.69) is 16.0 Å². The van der Waals surface area contributed by atoms with Crippen molar-refractivity contribution in [3.05, 3.63) is 83.9 Å². The summed E-state index contributed by atoms with van der Waals surface area (Å²) in [6.07, 6.45) is -1.46. The van der Waals surface area contributed by atoms with Crippen LogP contribution in [0.3, 0.4) is 0 Å². The van der Waals surface area contributed by atoms with E-state index in [4.69, 9.17) is 14.2 Å². The highest BCUT2D eigenvalue weighted by Gasteiger charge is 2.30. The van der Waals surface area contributed by atoms with Crippen molar-refractivity contribution in [3.8, 4) is 16.9 Å². The molecule has 0 saturated carbocycles. The van der Waals surface area contributed by atoms with E-state index in [1.165, 1.54) is 0 Å². The number of aliphatic carboxylic acids is 1. The first-order valence-corrected chi connectivity index (χ1v) is 14.3. The van der Waals surface area contributed by atoms with Crippen molar-refractivity contribution in [2.45, 2.75) is 51.2 Å². The van der Waals surface area contributed by atoms with E-state index in [1.807, 2.05) is 48.5 Å². The molecule has 0 radical (unpaired) electrons. The molecule has 0 aliphatic heterocycles. The largest absolute Gasteiger partial charge is 0.494 e. The standard InChI is InChI=1S/C33H37N3O8/c1-33(2,3)44-31(40)34-17-8-18-42-22-15-13-21(14-16-22)35-30(39)28(19-29(37)38)36-32(41)43-20-27-25-11-6-4-9-23(25)24-10-5-7-12-26(24)27/h4-7,9-16,27-28H,8,17-20H2,1-3H3,(H,34,40)(H,35,39)(H,36,41)(H,37,38)/t28-/m0/s1. The maximum absolute atomic E-state index is 12.9. The third-order valence-corrected chi connectivity index (χ3v) is 6.71. The number of amides is 3. The zero-order valence-electron chi connectivity index (χ0n) is 24.9. The molecule has 0 bridgehead atoms. The van der Waals surface area contributed by atoms with Crippen molar-refractivity contribution in [3.63, 3.8) is 0 Å². The lowest BCUT2D eigenvalue weighted by Gasteiger charge is -2.19. The summed E-state index contributed by atoms with van der Waals surface area (Å²) in [5, 5.41) is 17.0. The van der Waals surface area contributed by atoms with Gasteiger partial charge >= 0.3 is 18.2 Å². The molecule has 11 heteroatoms. The Morgan fingerprint density at radius 3 is 2.07 bits per heavy atom. The first-order chi connectivity index (χ1) is 21.0. The van der Waals surface area contributed by atoms with E-state index >= 15 is 0 Å². The van der Waals surface area contributed by atoms with Crippen LogP contribution in [-0.4, -0.2) is 60.6 Å². The topological polar surface area (TPSA) is 152 Å². The quantitative estimate of drug-likeness (QED) is 0.204. The van der Waals surface area contributed by atoms with E-state index in [0.29, 0.717) is 31.0 Å². The SMILES string of the molecule is CC(C)(C)OC(=O)NCCCOc1ccc(NC(=O)[C@H](CC(=O)O)NC(=O)OCC2c3ccccc3-c3ccccc32)cc1. The second-order valence-electron chi connectivity index (χ2n) is 11.3. The van der Waals surface area contributed by atoms with Gasteiger partial charge in [0.1, 0.15) is 24.0 Å². The highest BCUT2D eigenvalue weighted by molar-refractivity contribution is 5.98. The van der Waals surface area contributed by atoms with Crippen LogP contribution in [0.1, 0.15) is 50.7 Å². The summed E-state index contributed by atoms with van der Waals surface area (Å²) in [6, 6.07) is 20.9. The first-order valence-electron chi connectivity index (χ1n) is 14.3. The van der Waals surface area contributed by atoms with Gasteiger partial charge in [0.15, 0.2) is 0 Å². The minimum Gasteiger partial charge on any atom is -0.494 e. The van der Waals surface area contributed by atoms with Crippen LogP contribution < -0.4 is 20.7 Å². The van der Waals surface area contributed by atoms with Crippen molar-refractivity contribution in [1.82, 2.24) is 10.6 Å². The Morgan fingerprint density at radius 1 is 0.864 bits per heavy atom. The van der Waals surface area contributed by atoms with Gasteiger partial charge in [-0.3, -0.25) is 9.59 Å². The van der Waals surface area contributed by atoms with Crippen LogP contribution >= 0.6 is 0 Å².